The molecule has 2 saturated heterocycles. The van der Waals surface area contributed by atoms with Crippen molar-refractivity contribution in [3.8, 4) is 0 Å². The van der Waals surface area contributed by atoms with Crippen molar-refractivity contribution in [2.75, 3.05) is 26.7 Å². The summed E-state index contributed by atoms with van der Waals surface area (Å²) in [6.45, 7) is 3.75. The van der Waals surface area contributed by atoms with Gasteiger partial charge in [0.05, 0.1) is 12.6 Å². The Labute approximate surface area is 137 Å². The third-order valence-corrected chi connectivity index (χ3v) is 5.45. The van der Waals surface area contributed by atoms with E-state index in [2.05, 4.69) is 16.6 Å². The monoisotopic (exact) mass is 317 g/mol. The highest BCUT2D eigenvalue weighted by Crippen LogP contribution is 2.32. The van der Waals surface area contributed by atoms with Gasteiger partial charge in [-0.1, -0.05) is 0 Å². The van der Waals surface area contributed by atoms with Gasteiger partial charge in [-0.05, 0) is 58.2 Å². The summed E-state index contributed by atoms with van der Waals surface area (Å²) in [5.41, 5.74) is 0. The number of hydrogen-bond donors (Lipinski definition) is 0. The standard InChI is InChI=1S/C17H27N5O/c1-20-9-6-14(7-10-20)22-16(12-21-8-2-3-17(21)23)18-15(19-22)11-13-4-5-13/h13-14H,2-12H2,1H3. The quantitative estimate of drug-likeness (QED) is 0.828. The molecule has 0 bridgehead atoms. The SMILES string of the molecule is CN1CCC(n2nc(CC3CC3)nc2CN2CCCC2=O)CC1. The lowest BCUT2D eigenvalue weighted by atomic mass is 10.1. The predicted octanol–water partition coefficient (Wildman–Crippen LogP) is 1.62. The van der Waals surface area contributed by atoms with Crippen LogP contribution in [0.25, 0.3) is 0 Å². The van der Waals surface area contributed by atoms with E-state index in [4.69, 9.17) is 10.1 Å². The highest BCUT2D eigenvalue weighted by molar-refractivity contribution is 5.77. The van der Waals surface area contributed by atoms with Gasteiger partial charge in [0.2, 0.25) is 5.91 Å². The normalized spacial score (nSPS) is 23.9. The molecule has 126 valence electrons. The topological polar surface area (TPSA) is 54.3 Å². The van der Waals surface area contributed by atoms with Gasteiger partial charge in [0.1, 0.15) is 5.82 Å². The Morgan fingerprint density at radius 1 is 1.13 bits per heavy atom. The molecule has 0 spiro atoms. The fourth-order valence-electron chi connectivity index (χ4n) is 3.75. The Morgan fingerprint density at radius 2 is 1.91 bits per heavy atom. The van der Waals surface area contributed by atoms with E-state index in [0.29, 0.717) is 19.0 Å². The zero-order valence-corrected chi connectivity index (χ0v) is 14.1. The Kier molecular flexibility index (Phi) is 4.09. The molecule has 1 aromatic rings. The first-order chi connectivity index (χ1) is 11.2. The molecular weight excluding hydrogens is 290 g/mol. The minimum absolute atomic E-state index is 0.270. The maximum absolute atomic E-state index is 12.0. The van der Waals surface area contributed by atoms with Crippen LogP contribution < -0.4 is 0 Å². The van der Waals surface area contributed by atoms with Crippen molar-refractivity contribution >= 4 is 5.91 Å². The van der Waals surface area contributed by atoms with Crippen LogP contribution >= 0.6 is 0 Å². The van der Waals surface area contributed by atoms with E-state index in [0.717, 1.165) is 62.9 Å². The van der Waals surface area contributed by atoms with Crippen LogP contribution in [0.15, 0.2) is 0 Å². The number of aromatic nitrogens is 3. The minimum Gasteiger partial charge on any atom is -0.335 e. The van der Waals surface area contributed by atoms with E-state index in [1.165, 1.54) is 12.8 Å². The van der Waals surface area contributed by atoms with E-state index in [1.54, 1.807) is 0 Å². The summed E-state index contributed by atoms with van der Waals surface area (Å²) < 4.78 is 2.16. The number of hydrogen-bond acceptors (Lipinski definition) is 4. The van der Waals surface area contributed by atoms with Gasteiger partial charge >= 0.3 is 0 Å². The van der Waals surface area contributed by atoms with Gasteiger partial charge in [0, 0.05) is 19.4 Å². The van der Waals surface area contributed by atoms with Gasteiger partial charge in [0.25, 0.3) is 0 Å². The van der Waals surface area contributed by atoms with Crippen LogP contribution in [0.5, 0.6) is 0 Å². The van der Waals surface area contributed by atoms with Crippen molar-refractivity contribution in [2.24, 2.45) is 5.92 Å². The van der Waals surface area contributed by atoms with Gasteiger partial charge in [-0.3, -0.25) is 4.79 Å². The molecule has 2 aliphatic heterocycles. The van der Waals surface area contributed by atoms with Gasteiger partial charge in [0.15, 0.2) is 5.82 Å². The molecule has 1 saturated carbocycles. The lowest BCUT2D eigenvalue weighted by Gasteiger charge is -2.30. The summed E-state index contributed by atoms with van der Waals surface area (Å²) in [6, 6.07) is 0.444. The minimum atomic E-state index is 0.270. The van der Waals surface area contributed by atoms with Crippen LogP contribution in [0.2, 0.25) is 0 Å². The van der Waals surface area contributed by atoms with Crippen LogP contribution in [0.1, 0.15) is 56.2 Å². The van der Waals surface area contributed by atoms with Crippen LogP contribution in [0.4, 0.5) is 0 Å². The van der Waals surface area contributed by atoms with Crippen LogP contribution in [-0.4, -0.2) is 57.2 Å². The predicted molar refractivity (Wildman–Crippen MR) is 86.9 cm³/mol. The van der Waals surface area contributed by atoms with E-state index in [-0.39, 0.29) is 5.91 Å². The summed E-state index contributed by atoms with van der Waals surface area (Å²) in [4.78, 5) is 21.1. The average molecular weight is 317 g/mol. The van der Waals surface area contributed by atoms with Crippen molar-refractivity contribution in [3.63, 3.8) is 0 Å². The largest absolute Gasteiger partial charge is 0.335 e. The summed E-state index contributed by atoms with van der Waals surface area (Å²) in [7, 11) is 2.18. The van der Waals surface area contributed by atoms with Crippen LogP contribution in [0, 0.1) is 5.92 Å². The molecule has 0 radical (unpaired) electrons. The molecule has 1 aromatic heterocycles. The van der Waals surface area contributed by atoms with Gasteiger partial charge in [-0.2, -0.15) is 5.10 Å². The van der Waals surface area contributed by atoms with Gasteiger partial charge in [-0.15, -0.1) is 0 Å². The number of likely N-dealkylation sites (tertiary alicyclic amines) is 2. The second-order valence-corrected chi connectivity index (χ2v) is 7.49. The third kappa shape index (κ3) is 3.42. The van der Waals surface area contributed by atoms with E-state index < -0.39 is 0 Å². The Morgan fingerprint density at radius 3 is 2.57 bits per heavy atom. The molecule has 3 heterocycles. The first-order valence-electron chi connectivity index (χ1n) is 9.09. The van der Waals surface area contributed by atoms with Gasteiger partial charge < -0.3 is 9.80 Å². The molecule has 3 fully saturated rings. The number of piperidine rings is 1. The lowest BCUT2D eigenvalue weighted by molar-refractivity contribution is -0.128. The van der Waals surface area contributed by atoms with Crippen molar-refractivity contribution in [1.29, 1.82) is 0 Å². The molecule has 1 aliphatic carbocycles. The van der Waals surface area contributed by atoms with Crippen molar-refractivity contribution in [3.05, 3.63) is 11.6 Å². The number of carbonyl (C=O) groups is 1. The van der Waals surface area contributed by atoms with Crippen LogP contribution in [-0.2, 0) is 17.8 Å². The molecule has 0 N–H and O–H groups in total. The maximum Gasteiger partial charge on any atom is 0.223 e. The average Bonchev–Trinajstić information content (AvgIpc) is 3.13. The molecule has 0 unspecified atom stereocenters. The zero-order valence-electron chi connectivity index (χ0n) is 14.1. The zero-order chi connectivity index (χ0) is 15.8. The van der Waals surface area contributed by atoms with E-state index in [1.807, 2.05) is 4.90 Å². The fourth-order valence-corrected chi connectivity index (χ4v) is 3.75. The van der Waals surface area contributed by atoms with E-state index in [9.17, 15) is 4.79 Å². The van der Waals surface area contributed by atoms with E-state index >= 15 is 0 Å². The fraction of sp³-hybridized carbons (Fsp3) is 0.824. The molecule has 23 heavy (non-hydrogen) atoms. The molecule has 0 atom stereocenters. The smallest absolute Gasteiger partial charge is 0.223 e. The number of rotatable bonds is 5. The molecule has 0 aromatic carbocycles. The lowest BCUT2D eigenvalue weighted by Crippen LogP contribution is -2.33. The number of nitrogens with zero attached hydrogens (tertiary/aromatic N) is 5. The second kappa shape index (κ2) is 6.23. The summed E-state index contributed by atoms with van der Waals surface area (Å²) >= 11 is 0. The Hall–Kier alpha value is -1.43. The number of carbonyl (C=O) groups excluding carboxylic acids is 1. The Bertz CT molecular complexity index is 572. The highest BCUT2D eigenvalue weighted by Gasteiger charge is 2.29. The molecule has 3 aliphatic rings. The number of amides is 1. The first kappa shape index (κ1) is 15.1. The van der Waals surface area contributed by atoms with Crippen LogP contribution in [0.3, 0.4) is 0 Å². The molecule has 1 amide bonds. The Balaban J connectivity index is 1.54. The third-order valence-electron chi connectivity index (χ3n) is 5.45. The van der Waals surface area contributed by atoms with Crippen molar-refractivity contribution < 1.29 is 4.79 Å². The highest BCUT2D eigenvalue weighted by atomic mass is 16.2. The second-order valence-electron chi connectivity index (χ2n) is 7.49. The first-order valence-corrected chi connectivity index (χ1v) is 9.09. The molecular formula is C17H27N5O. The summed E-state index contributed by atoms with van der Waals surface area (Å²) in [6.07, 6.45) is 7.59. The summed E-state index contributed by atoms with van der Waals surface area (Å²) in [5, 5.41) is 4.86. The molecule has 4 rings (SSSR count). The molecule has 6 heteroatoms. The van der Waals surface area contributed by atoms with Crippen molar-refractivity contribution in [1.82, 2.24) is 24.6 Å². The maximum atomic E-state index is 12.0. The molecule has 6 nitrogen and oxygen atoms in total. The van der Waals surface area contributed by atoms with Gasteiger partial charge in [-0.25, -0.2) is 9.67 Å². The van der Waals surface area contributed by atoms with Crippen molar-refractivity contribution in [2.45, 2.75) is 57.5 Å². The summed E-state index contributed by atoms with van der Waals surface area (Å²) in [5.74, 6) is 3.06.